The summed E-state index contributed by atoms with van der Waals surface area (Å²) in [5, 5.41) is 10.2. The van der Waals surface area contributed by atoms with Gasteiger partial charge in [0.25, 0.3) is 0 Å². The number of aromatic nitrogens is 1. The molecule has 1 aromatic carbocycles. The van der Waals surface area contributed by atoms with E-state index in [0.717, 1.165) is 40.1 Å². The van der Waals surface area contributed by atoms with Crippen LogP contribution in [0.1, 0.15) is 11.3 Å². The van der Waals surface area contributed by atoms with Gasteiger partial charge in [0, 0.05) is 23.1 Å². The highest BCUT2D eigenvalue weighted by atomic mass is 16.5. The van der Waals surface area contributed by atoms with Crippen molar-refractivity contribution in [3.8, 4) is 11.5 Å². The summed E-state index contributed by atoms with van der Waals surface area (Å²) in [5.74, 6) is 1.63. The molecule has 0 amide bonds. The van der Waals surface area contributed by atoms with Crippen LogP contribution in [-0.4, -0.2) is 29.9 Å². The zero-order chi connectivity index (χ0) is 12.7. The van der Waals surface area contributed by atoms with E-state index in [0.29, 0.717) is 0 Å². The van der Waals surface area contributed by atoms with E-state index in [-0.39, 0.29) is 12.7 Å². The SMILES string of the molecule is COc1ccc2nc(C)c3c(c2c1)O[C@H](CO)C3. The highest BCUT2D eigenvalue weighted by Crippen LogP contribution is 2.38. The molecule has 2 aromatic rings. The first-order chi connectivity index (χ1) is 8.72. The van der Waals surface area contributed by atoms with Crippen LogP contribution in [0.4, 0.5) is 0 Å². The van der Waals surface area contributed by atoms with E-state index in [1.165, 1.54) is 0 Å². The van der Waals surface area contributed by atoms with Crippen LogP contribution >= 0.6 is 0 Å². The minimum atomic E-state index is -0.155. The number of aliphatic hydroxyl groups is 1. The molecule has 1 atom stereocenters. The van der Waals surface area contributed by atoms with Gasteiger partial charge < -0.3 is 14.6 Å². The molecule has 18 heavy (non-hydrogen) atoms. The van der Waals surface area contributed by atoms with E-state index in [1.54, 1.807) is 7.11 Å². The van der Waals surface area contributed by atoms with Crippen LogP contribution < -0.4 is 9.47 Å². The van der Waals surface area contributed by atoms with E-state index >= 15 is 0 Å². The number of nitrogens with zero attached hydrogens (tertiary/aromatic N) is 1. The van der Waals surface area contributed by atoms with Gasteiger partial charge in [0.1, 0.15) is 17.6 Å². The number of aryl methyl sites for hydroxylation is 1. The van der Waals surface area contributed by atoms with Crippen LogP contribution in [0.5, 0.6) is 11.5 Å². The molecule has 2 heterocycles. The van der Waals surface area contributed by atoms with Crippen LogP contribution in [0.2, 0.25) is 0 Å². The van der Waals surface area contributed by atoms with Crippen LogP contribution in [0.3, 0.4) is 0 Å². The van der Waals surface area contributed by atoms with Gasteiger partial charge in [0.15, 0.2) is 0 Å². The van der Waals surface area contributed by atoms with Crippen molar-refractivity contribution < 1.29 is 14.6 Å². The lowest BCUT2D eigenvalue weighted by molar-refractivity contribution is 0.136. The van der Waals surface area contributed by atoms with E-state index in [4.69, 9.17) is 9.47 Å². The molecule has 1 aromatic heterocycles. The molecule has 1 aliphatic heterocycles. The van der Waals surface area contributed by atoms with Gasteiger partial charge in [-0.2, -0.15) is 0 Å². The smallest absolute Gasteiger partial charge is 0.134 e. The molecule has 0 unspecified atom stereocenters. The van der Waals surface area contributed by atoms with Gasteiger partial charge in [-0.3, -0.25) is 4.98 Å². The quantitative estimate of drug-likeness (QED) is 0.877. The molecule has 1 aliphatic rings. The first kappa shape index (κ1) is 11.3. The van der Waals surface area contributed by atoms with Gasteiger partial charge in [0.05, 0.1) is 19.2 Å². The number of methoxy groups -OCH3 is 1. The molecule has 3 rings (SSSR count). The average molecular weight is 245 g/mol. The van der Waals surface area contributed by atoms with Crippen molar-refractivity contribution in [3.63, 3.8) is 0 Å². The highest BCUT2D eigenvalue weighted by molar-refractivity contribution is 5.88. The van der Waals surface area contributed by atoms with E-state index in [9.17, 15) is 5.11 Å². The zero-order valence-corrected chi connectivity index (χ0v) is 10.4. The van der Waals surface area contributed by atoms with Crippen molar-refractivity contribution in [1.29, 1.82) is 0 Å². The maximum Gasteiger partial charge on any atom is 0.134 e. The predicted molar refractivity (Wildman–Crippen MR) is 68.2 cm³/mol. The summed E-state index contributed by atoms with van der Waals surface area (Å²) < 4.78 is 11.0. The van der Waals surface area contributed by atoms with Crippen molar-refractivity contribution in [2.45, 2.75) is 19.4 Å². The van der Waals surface area contributed by atoms with Gasteiger partial charge in [-0.15, -0.1) is 0 Å². The molecule has 94 valence electrons. The molecule has 4 nitrogen and oxygen atoms in total. The summed E-state index contributed by atoms with van der Waals surface area (Å²) in [5.41, 5.74) is 2.96. The minimum Gasteiger partial charge on any atom is -0.497 e. The van der Waals surface area contributed by atoms with Crippen LogP contribution in [0, 0.1) is 6.92 Å². The van der Waals surface area contributed by atoms with E-state index in [1.807, 2.05) is 25.1 Å². The molecule has 0 spiro atoms. The molecular formula is C14H15NO3. The molecule has 0 bridgehead atoms. The normalized spacial score (nSPS) is 17.6. The number of fused-ring (bicyclic) bond motifs is 3. The maximum atomic E-state index is 9.23. The van der Waals surface area contributed by atoms with Crippen molar-refractivity contribution in [3.05, 3.63) is 29.5 Å². The van der Waals surface area contributed by atoms with Crippen molar-refractivity contribution in [2.75, 3.05) is 13.7 Å². The fraction of sp³-hybridized carbons (Fsp3) is 0.357. The fourth-order valence-corrected chi connectivity index (χ4v) is 2.41. The number of pyridine rings is 1. The van der Waals surface area contributed by atoms with Gasteiger partial charge in [-0.25, -0.2) is 0 Å². The Morgan fingerprint density at radius 1 is 1.50 bits per heavy atom. The largest absolute Gasteiger partial charge is 0.497 e. The van der Waals surface area contributed by atoms with Crippen LogP contribution in [0.15, 0.2) is 18.2 Å². The Morgan fingerprint density at radius 3 is 3.06 bits per heavy atom. The highest BCUT2D eigenvalue weighted by Gasteiger charge is 2.26. The van der Waals surface area contributed by atoms with Crippen molar-refractivity contribution in [2.24, 2.45) is 0 Å². The van der Waals surface area contributed by atoms with Gasteiger partial charge in [-0.1, -0.05) is 0 Å². The number of ether oxygens (including phenoxy) is 2. The van der Waals surface area contributed by atoms with Gasteiger partial charge in [-0.05, 0) is 25.1 Å². The third-order valence-corrected chi connectivity index (χ3v) is 3.37. The third-order valence-electron chi connectivity index (χ3n) is 3.37. The lowest BCUT2D eigenvalue weighted by atomic mass is 10.1. The summed E-state index contributed by atoms with van der Waals surface area (Å²) in [4.78, 5) is 4.57. The van der Waals surface area contributed by atoms with Gasteiger partial charge in [0.2, 0.25) is 0 Å². The van der Waals surface area contributed by atoms with E-state index in [2.05, 4.69) is 4.98 Å². The molecule has 1 N–H and O–H groups in total. The number of hydrogen-bond donors (Lipinski definition) is 1. The van der Waals surface area contributed by atoms with Crippen molar-refractivity contribution in [1.82, 2.24) is 4.98 Å². The Balaban J connectivity index is 2.24. The molecule has 4 heteroatoms. The van der Waals surface area contributed by atoms with Gasteiger partial charge >= 0.3 is 0 Å². The second-order valence-electron chi connectivity index (χ2n) is 4.51. The van der Waals surface area contributed by atoms with Crippen LogP contribution in [-0.2, 0) is 6.42 Å². The second-order valence-corrected chi connectivity index (χ2v) is 4.51. The Morgan fingerprint density at radius 2 is 2.33 bits per heavy atom. The Kier molecular flexibility index (Phi) is 2.59. The first-order valence-corrected chi connectivity index (χ1v) is 5.97. The first-order valence-electron chi connectivity index (χ1n) is 5.97. The number of rotatable bonds is 2. The average Bonchev–Trinajstić information content (AvgIpc) is 2.83. The second kappa shape index (κ2) is 4.14. The fourth-order valence-electron chi connectivity index (χ4n) is 2.41. The molecule has 0 saturated carbocycles. The third kappa shape index (κ3) is 1.61. The summed E-state index contributed by atoms with van der Waals surface area (Å²) in [6, 6.07) is 5.75. The Bertz CT molecular complexity index is 610. The zero-order valence-electron chi connectivity index (χ0n) is 10.4. The Hall–Kier alpha value is -1.81. The lowest BCUT2D eigenvalue weighted by Crippen LogP contribution is -2.17. The summed E-state index contributed by atoms with van der Waals surface area (Å²) >= 11 is 0. The maximum absolute atomic E-state index is 9.23. The van der Waals surface area contributed by atoms with E-state index < -0.39 is 0 Å². The van der Waals surface area contributed by atoms with Crippen molar-refractivity contribution >= 4 is 10.9 Å². The Labute approximate surface area is 105 Å². The molecule has 0 aliphatic carbocycles. The summed E-state index contributed by atoms with van der Waals surface area (Å²) in [7, 11) is 1.64. The lowest BCUT2D eigenvalue weighted by Gasteiger charge is -2.09. The molecule has 0 radical (unpaired) electrons. The number of benzene rings is 1. The monoisotopic (exact) mass is 245 g/mol. The predicted octanol–water partition coefficient (Wildman–Crippen LogP) is 1.85. The summed E-state index contributed by atoms with van der Waals surface area (Å²) in [6.07, 6.45) is 0.565. The number of hydrogen-bond acceptors (Lipinski definition) is 4. The molecule has 0 saturated heterocycles. The number of aliphatic hydroxyl groups excluding tert-OH is 1. The van der Waals surface area contributed by atoms with Crippen LogP contribution in [0.25, 0.3) is 10.9 Å². The molecular weight excluding hydrogens is 230 g/mol. The molecule has 0 fully saturated rings. The minimum absolute atomic E-state index is 0.0274. The standard InChI is InChI=1S/C14H15NO3/c1-8-11-6-10(7-16)18-14(11)12-5-9(17-2)3-4-13(12)15-8/h3-5,10,16H,6-7H2,1-2H3/t10-/m0/s1. The summed E-state index contributed by atoms with van der Waals surface area (Å²) in [6.45, 7) is 2.01. The topological polar surface area (TPSA) is 51.6 Å².